The van der Waals surface area contributed by atoms with Crippen LogP contribution in [0.5, 0.6) is 0 Å². The van der Waals surface area contributed by atoms with Crippen molar-refractivity contribution in [3.8, 4) is 0 Å². The quantitative estimate of drug-likeness (QED) is 0.669. The summed E-state index contributed by atoms with van der Waals surface area (Å²) in [5, 5.41) is 0.947. The Labute approximate surface area is 168 Å². The van der Waals surface area contributed by atoms with Gasteiger partial charge < -0.3 is 10.6 Å². The van der Waals surface area contributed by atoms with E-state index in [1.165, 1.54) is 18.3 Å². The number of hydrogen-bond acceptors (Lipinski definition) is 5. The van der Waals surface area contributed by atoms with Crippen molar-refractivity contribution in [3.63, 3.8) is 0 Å². The van der Waals surface area contributed by atoms with E-state index in [9.17, 15) is 13.2 Å². The summed E-state index contributed by atoms with van der Waals surface area (Å²) in [6.07, 6.45) is 3.00. The molecule has 10 heteroatoms. The van der Waals surface area contributed by atoms with Crippen molar-refractivity contribution in [1.82, 2.24) is 9.88 Å². The van der Waals surface area contributed by atoms with Crippen LogP contribution in [-0.2, 0) is 16.6 Å². The second-order valence-electron chi connectivity index (χ2n) is 5.95. The lowest BCUT2D eigenvalue weighted by Crippen LogP contribution is -2.33. The smallest absolute Gasteiger partial charge is 0.272 e. The third kappa shape index (κ3) is 6.99. The number of benzene rings is 1. The number of anilines is 1. The monoisotopic (exact) mass is 430 g/mol. The van der Waals surface area contributed by atoms with Gasteiger partial charge in [0.05, 0.1) is 11.9 Å². The molecule has 27 heavy (non-hydrogen) atoms. The molecule has 146 valence electrons. The molecule has 0 aliphatic heterocycles. The maximum atomic E-state index is 12.9. The normalized spacial score (nSPS) is 11.3. The predicted octanol–water partition coefficient (Wildman–Crippen LogP) is 2.75. The Hall–Kier alpha value is -1.87. The second-order valence-corrected chi connectivity index (χ2v) is 8.57. The summed E-state index contributed by atoms with van der Waals surface area (Å²) in [4.78, 5) is 18.6. The van der Waals surface area contributed by atoms with E-state index in [-0.39, 0.29) is 23.8 Å². The van der Waals surface area contributed by atoms with Crippen LogP contribution in [0.15, 0.2) is 36.5 Å². The van der Waals surface area contributed by atoms with Crippen molar-refractivity contribution < 1.29 is 13.2 Å². The summed E-state index contributed by atoms with van der Waals surface area (Å²) < 4.78 is 25.1. The number of nitrogens with two attached hydrogens (primary N) is 1. The van der Waals surface area contributed by atoms with Crippen LogP contribution in [0.25, 0.3) is 0 Å². The number of nitrogens with zero attached hydrogens (tertiary/aromatic N) is 2. The molecule has 0 atom stereocenters. The summed E-state index contributed by atoms with van der Waals surface area (Å²) in [7, 11) is -3.46. The minimum atomic E-state index is -3.46. The Morgan fingerprint density at radius 3 is 2.48 bits per heavy atom. The average molecular weight is 431 g/mol. The molecule has 0 saturated heterocycles. The Morgan fingerprint density at radius 1 is 1.22 bits per heavy atom. The first kappa shape index (κ1) is 21.4. The van der Waals surface area contributed by atoms with Crippen LogP contribution in [0.4, 0.5) is 5.69 Å². The first-order valence-electron chi connectivity index (χ1n) is 8.06. The third-order valence-electron chi connectivity index (χ3n) is 3.50. The minimum absolute atomic E-state index is 0.119. The number of aromatic nitrogens is 1. The number of halogens is 2. The molecule has 1 aromatic carbocycles. The Balaban J connectivity index is 2.27. The van der Waals surface area contributed by atoms with Crippen LogP contribution < -0.4 is 10.5 Å². The van der Waals surface area contributed by atoms with E-state index < -0.39 is 10.0 Å². The fourth-order valence-corrected chi connectivity index (χ4v) is 3.57. The molecule has 0 saturated carbocycles. The molecule has 2 aromatic rings. The lowest BCUT2D eigenvalue weighted by molar-refractivity contribution is 0.0736. The molecular formula is C17H20Cl2N4O3S. The summed E-state index contributed by atoms with van der Waals surface area (Å²) in [5.74, 6) is -0.350. The minimum Gasteiger partial charge on any atom is -0.333 e. The van der Waals surface area contributed by atoms with Gasteiger partial charge >= 0.3 is 0 Å². The largest absolute Gasteiger partial charge is 0.333 e. The van der Waals surface area contributed by atoms with Gasteiger partial charge in [0.15, 0.2) is 0 Å². The molecule has 0 aliphatic carbocycles. The third-order valence-corrected chi connectivity index (χ3v) is 4.54. The van der Waals surface area contributed by atoms with E-state index in [4.69, 9.17) is 28.9 Å². The van der Waals surface area contributed by atoms with Crippen LogP contribution in [0.3, 0.4) is 0 Å². The molecule has 0 bridgehead atoms. The van der Waals surface area contributed by atoms with Gasteiger partial charge in [-0.1, -0.05) is 23.2 Å². The molecule has 3 N–H and O–H groups in total. The van der Waals surface area contributed by atoms with Crippen LogP contribution >= 0.6 is 23.2 Å². The van der Waals surface area contributed by atoms with Gasteiger partial charge in [0, 0.05) is 29.3 Å². The van der Waals surface area contributed by atoms with Crippen molar-refractivity contribution in [2.75, 3.05) is 24.1 Å². The Kier molecular flexibility index (Phi) is 7.43. The van der Waals surface area contributed by atoms with Gasteiger partial charge in [-0.05, 0) is 48.9 Å². The number of carbonyl (C=O) groups excluding carboxylic acids is 1. The van der Waals surface area contributed by atoms with Crippen molar-refractivity contribution in [2.24, 2.45) is 5.73 Å². The summed E-state index contributed by atoms with van der Waals surface area (Å²) >= 11 is 12.1. The molecule has 1 amide bonds. The highest BCUT2D eigenvalue weighted by Gasteiger charge is 2.18. The highest BCUT2D eigenvalue weighted by molar-refractivity contribution is 7.92. The number of amides is 1. The molecule has 7 nitrogen and oxygen atoms in total. The van der Waals surface area contributed by atoms with E-state index in [0.29, 0.717) is 29.6 Å². The van der Waals surface area contributed by atoms with Gasteiger partial charge in [-0.2, -0.15) is 0 Å². The number of rotatable bonds is 8. The SMILES string of the molecule is CS(=O)(=O)Nc1ccnc(C(=O)N(CCCN)Cc2cc(Cl)cc(Cl)c2)c1. The zero-order chi connectivity index (χ0) is 20.0. The van der Waals surface area contributed by atoms with Crippen molar-refractivity contribution in [3.05, 3.63) is 57.8 Å². The second kappa shape index (κ2) is 9.36. The van der Waals surface area contributed by atoms with Gasteiger partial charge in [-0.3, -0.25) is 14.5 Å². The van der Waals surface area contributed by atoms with Gasteiger partial charge in [-0.15, -0.1) is 0 Å². The van der Waals surface area contributed by atoms with E-state index in [1.54, 1.807) is 23.1 Å². The topological polar surface area (TPSA) is 105 Å². The van der Waals surface area contributed by atoms with E-state index in [0.717, 1.165) is 11.8 Å². The zero-order valence-corrected chi connectivity index (χ0v) is 17.0. The number of pyridine rings is 1. The molecule has 0 radical (unpaired) electrons. The molecule has 1 aromatic heterocycles. The fraction of sp³-hybridized carbons (Fsp3) is 0.294. The molecule has 0 unspecified atom stereocenters. The van der Waals surface area contributed by atoms with Crippen molar-refractivity contribution >= 4 is 44.8 Å². The van der Waals surface area contributed by atoms with E-state index in [2.05, 4.69) is 9.71 Å². The molecule has 0 aliphatic rings. The van der Waals surface area contributed by atoms with Crippen molar-refractivity contribution in [2.45, 2.75) is 13.0 Å². The van der Waals surface area contributed by atoms with Gasteiger partial charge in [0.2, 0.25) is 10.0 Å². The Bertz CT molecular complexity index is 902. The van der Waals surface area contributed by atoms with Crippen LogP contribution in [-0.4, -0.2) is 43.6 Å². The predicted molar refractivity (Wildman–Crippen MR) is 108 cm³/mol. The summed E-state index contributed by atoms with van der Waals surface area (Å²) in [6.45, 7) is 1.10. The van der Waals surface area contributed by atoms with E-state index >= 15 is 0 Å². The number of hydrogen-bond donors (Lipinski definition) is 2. The van der Waals surface area contributed by atoms with Crippen molar-refractivity contribution in [1.29, 1.82) is 0 Å². The first-order valence-corrected chi connectivity index (χ1v) is 10.7. The lowest BCUT2D eigenvalue weighted by Gasteiger charge is -2.23. The average Bonchev–Trinajstić information content (AvgIpc) is 2.56. The molecule has 0 fully saturated rings. The van der Waals surface area contributed by atoms with Crippen LogP contribution in [0.2, 0.25) is 10.0 Å². The standard InChI is InChI=1S/C17H20Cl2N4O3S/c1-27(25,26)22-15-3-5-21-16(10-15)17(24)23(6-2-4-20)11-12-7-13(18)9-14(19)8-12/h3,5,7-10H,2,4,6,11,20H2,1H3,(H,21,22). The fourth-order valence-electron chi connectivity index (χ4n) is 2.44. The first-order chi connectivity index (χ1) is 12.7. The maximum absolute atomic E-state index is 12.9. The highest BCUT2D eigenvalue weighted by Crippen LogP contribution is 2.21. The Morgan fingerprint density at radius 2 is 1.89 bits per heavy atom. The zero-order valence-electron chi connectivity index (χ0n) is 14.7. The van der Waals surface area contributed by atoms with E-state index in [1.807, 2.05) is 0 Å². The van der Waals surface area contributed by atoms with Gasteiger partial charge in [0.25, 0.3) is 5.91 Å². The molecule has 2 rings (SSSR count). The van der Waals surface area contributed by atoms with Gasteiger partial charge in [0.1, 0.15) is 5.69 Å². The lowest BCUT2D eigenvalue weighted by atomic mass is 10.2. The molecular weight excluding hydrogens is 411 g/mol. The number of nitrogens with one attached hydrogen (secondary N) is 1. The highest BCUT2D eigenvalue weighted by atomic mass is 35.5. The van der Waals surface area contributed by atoms with Gasteiger partial charge in [-0.25, -0.2) is 8.42 Å². The number of sulfonamides is 1. The van der Waals surface area contributed by atoms with Crippen LogP contribution in [0, 0.1) is 0 Å². The summed E-state index contributed by atoms with van der Waals surface area (Å²) in [6, 6.07) is 7.93. The maximum Gasteiger partial charge on any atom is 0.272 e. The van der Waals surface area contributed by atoms with Crippen LogP contribution in [0.1, 0.15) is 22.5 Å². The number of carbonyl (C=O) groups is 1. The summed E-state index contributed by atoms with van der Waals surface area (Å²) in [5.41, 5.74) is 6.73. The molecule has 1 heterocycles. The molecule has 0 spiro atoms.